The Hall–Kier alpha value is -0.180. The molecule has 0 radical (unpaired) electrons. The molecule has 0 amide bonds. The van der Waals surface area contributed by atoms with Crippen LogP contribution in [0.1, 0.15) is 64.7 Å². The molecule has 0 aliphatic rings. The van der Waals surface area contributed by atoms with Crippen LogP contribution in [0, 0.1) is 5.92 Å². The second kappa shape index (κ2) is 11.3. The third kappa shape index (κ3) is 9.08. The first-order valence-corrected chi connectivity index (χ1v) is 7.19. The molecule has 0 aromatic heterocycles. The highest BCUT2D eigenvalue weighted by molar-refractivity contribution is 7.80. The lowest BCUT2D eigenvalue weighted by Gasteiger charge is -2.08. The van der Waals surface area contributed by atoms with E-state index in [2.05, 4.69) is 19.6 Å². The van der Waals surface area contributed by atoms with Crippen LogP contribution in [0.2, 0.25) is 0 Å². The van der Waals surface area contributed by atoms with Gasteiger partial charge >= 0.3 is 5.97 Å². The third-order valence-corrected chi connectivity index (χ3v) is 3.42. The minimum absolute atomic E-state index is 0.247. The van der Waals surface area contributed by atoms with E-state index in [-0.39, 0.29) is 5.92 Å². The summed E-state index contributed by atoms with van der Waals surface area (Å²) in [5.74, 6) is -0.479. The zero-order valence-electron chi connectivity index (χ0n) is 10.5. The molecule has 0 saturated carbocycles. The fourth-order valence-electron chi connectivity index (χ4n) is 1.82. The SMILES string of the molecule is CCCCCCCCCCC(CS)C(=O)O. The van der Waals surface area contributed by atoms with Gasteiger partial charge < -0.3 is 5.11 Å². The summed E-state index contributed by atoms with van der Waals surface area (Å²) in [7, 11) is 0. The van der Waals surface area contributed by atoms with E-state index in [9.17, 15) is 4.79 Å². The molecular weight excluding hydrogens is 220 g/mol. The summed E-state index contributed by atoms with van der Waals surface area (Å²) in [5.41, 5.74) is 0. The minimum Gasteiger partial charge on any atom is -0.481 e. The molecule has 16 heavy (non-hydrogen) atoms. The Morgan fingerprint density at radius 1 is 1.06 bits per heavy atom. The zero-order valence-corrected chi connectivity index (χ0v) is 11.3. The quantitative estimate of drug-likeness (QED) is 0.424. The molecule has 0 fully saturated rings. The molecule has 0 aliphatic heterocycles. The van der Waals surface area contributed by atoms with Gasteiger partial charge in [0.25, 0.3) is 0 Å². The first-order chi connectivity index (χ1) is 7.72. The zero-order chi connectivity index (χ0) is 12.2. The van der Waals surface area contributed by atoms with Gasteiger partial charge in [-0.25, -0.2) is 0 Å². The van der Waals surface area contributed by atoms with Gasteiger partial charge in [0.2, 0.25) is 0 Å². The van der Waals surface area contributed by atoms with Crippen LogP contribution in [0.5, 0.6) is 0 Å². The van der Waals surface area contributed by atoms with Crippen LogP contribution in [0.25, 0.3) is 0 Å². The first kappa shape index (κ1) is 15.8. The van der Waals surface area contributed by atoms with E-state index in [1.54, 1.807) is 0 Å². The van der Waals surface area contributed by atoms with Crippen molar-refractivity contribution in [3.05, 3.63) is 0 Å². The van der Waals surface area contributed by atoms with Crippen molar-refractivity contribution in [2.45, 2.75) is 64.7 Å². The molecule has 3 heteroatoms. The van der Waals surface area contributed by atoms with Gasteiger partial charge in [-0.05, 0) is 6.42 Å². The molecule has 0 bridgehead atoms. The van der Waals surface area contributed by atoms with Crippen molar-refractivity contribution in [2.24, 2.45) is 5.92 Å². The molecule has 1 atom stereocenters. The third-order valence-electron chi connectivity index (χ3n) is 2.98. The van der Waals surface area contributed by atoms with Crippen LogP contribution in [0.3, 0.4) is 0 Å². The van der Waals surface area contributed by atoms with Crippen LogP contribution >= 0.6 is 12.6 Å². The fourth-order valence-corrected chi connectivity index (χ4v) is 2.16. The van der Waals surface area contributed by atoms with E-state index >= 15 is 0 Å². The van der Waals surface area contributed by atoms with E-state index in [0.717, 1.165) is 12.8 Å². The lowest BCUT2D eigenvalue weighted by atomic mass is 10.0. The molecule has 0 saturated heterocycles. The molecule has 96 valence electrons. The average Bonchev–Trinajstić information content (AvgIpc) is 2.26. The smallest absolute Gasteiger partial charge is 0.307 e. The van der Waals surface area contributed by atoms with Crippen molar-refractivity contribution in [2.75, 3.05) is 5.75 Å². The molecule has 1 N–H and O–H groups in total. The highest BCUT2D eigenvalue weighted by Crippen LogP contribution is 2.14. The Morgan fingerprint density at radius 2 is 1.56 bits per heavy atom. The lowest BCUT2D eigenvalue weighted by molar-refractivity contribution is -0.141. The van der Waals surface area contributed by atoms with Gasteiger partial charge in [-0.1, -0.05) is 58.3 Å². The maximum Gasteiger partial charge on any atom is 0.307 e. The predicted octanol–water partition coefficient (Wildman–Crippen LogP) is 4.15. The Labute approximate surface area is 105 Å². The summed E-state index contributed by atoms with van der Waals surface area (Å²) in [6, 6.07) is 0. The minimum atomic E-state index is -0.696. The molecule has 0 heterocycles. The van der Waals surface area contributed by atoms with Crippen LogP contribution in [0.15, 0.2) is 0 Å². The molecule has 0 aromatic rings. The van der Waals surface area contributed by atoms with Crippen LogP contribution in [-0.2, 0) is 4.79 Å². The lowest BCUT2D eigenvalue weighted by Crippen LogP contribution is -2.14. The predicted molar refractivity (Wildman–Crippen MR) is 72.2 cm³/mol. The van der Waals surface area contributed by atoms with E-state index < -0.39 is 5.97 Å². The second-order valence-corrected chi connectivity index (χ2v) is 4.85. The number of hydrogen-bond acceptors (Lipinski definition) is 2. The number of hydrogen-bond donors (Lipinski definition) is 2. The van der Waals surface area contributed by atoms with Gasteiger partial charge in [0, 0.05) is 5.75 Å². The van der Waals surface area contributed by atoms with Gasteiger partial charge in [0.15, 0.2) is 0 Å². The standard InChI is InChI=1S/C13H26O2S/c1-2-3-4-5-6-7-8-9-10-12(11-16)13(14)15/h12,16H,2-11H2,1H3,(H,14,15). The summed E-state index contributed by atoms with van der Waals surface area (Å²) in [5, 5.41) is 8.82. The molecule has 0 aromatic carbocycles. The van der Waals surface area contributed by atoms with Gasteiger partial charge in [0.05, 0.1) is 5.92 Å². The van der Waals surface area contributed by atoms with Crippen molar-refractivity contribution in [3.8, 4) is 0 Å². The van der Waals surface area contributed by atoms with Crippen molar-refractivity contribution >= 4 is 18.6 Å². The van der Waals surface area contributed by atoms with Crippen LogP contribution < -0.4 is 0 Å². The van der Waals surface area contributed by atoms with Crippen molar-refractivity contribution < 1.29 is 9.90 Å². The van der Waals surface area contributed by atoms with E-state index in [0.29, 0.717) is 5.75 Å². The summed E-state index contributed by atoms with van der Waals surface area (Å²) in [6.45, 7) is 2.23. The summed E-state index contributed by atoms with van der Waals surface area (Å²) in [6.07, 6.45) is 10.9. The molecule has 0 spiro atoms. The Kier molecular flexibility index (Phi) is 11.2. The van der Waals surface area contributed by atoms with Crippen LogP contribution in [0.4, 0.5) is 0 Å². The Balaban J connectivity index is 3.22. The topological polar surface area (TPSA) is 37.3 Å². The number of carbonyl (C=O) groups is 1. The van der Waals surface area contributed by atoms with Crippen molar-refractivity contribution in [1.82, 2.24) is 0 Å². The summed E-state index contributed by atoms with van der Waals surface area (Å²) >= 11 is 4.06. The number of carboxylic acid groups (broad SMARTS) is 1. The van der Waals surface area contributed by atoms with E-state index in [1.165, 1.54) is 44.9 Å². The number of thiol groups is 1. The number of unbranched alkanes of at least 4 members (excludes halogenated alkanes) is 7. The maximum atomic E-state index is 10.7. The molecule has 1 unspecified atom stereocenters. The number of aliphatic carboxylic acids is 1. The number of carboxylic acids is 1. The summed E-state index contributed by atoms with van der Waals surface area (Å²) in [4.78, 5) is 10.7. The number of rotatable bonds is 11. The fraction of sp³-hybridized carbons (Fsp3) is 0.923. The molecule has 0 rings (SSSR count). The van der Waals surface area contributed by atoms with Crippen molar-refractivity contribution in [3.63, 3.8) is 0 Å². The first-order valence-electron chi connectivity index (χ1n) is 6.56. The van der Waals surface area contributed by atoms with Gasteiger partial charge in [-0.2, -0.15) is 12.6 Å². The van der Waals surface area contributed by atoms with Gasteiger partial charge in [0.1, 0.15) is 0 Å². The highest BCUT2D eigenvalue weighted by Gasteiger charge is 2.14. The molecular formula is C13H26O2S. The monoisotopic (exact) mass is 246 g/mol. The largest absolute Gasteiger partial charge is 0.481 e. The highest BCUT2D eigenvalue weighted by atomic mass is 32.1. The van der Waals surface area contributed by atoms with Crippen LogP contribution in [-0.4, -0.2) is 16.8 Å². The summed E-state index contributed by atoms with van der Waals surface area (Å²) < 4.78 is 0. The Bertz CT molecular complexity index is 171. The van der Waals surface area contributed by atoms with Gasteiger partial charge in [-0.3, -0.25) is 4.79 Å². The van der Waals surface area contributed by atoms with E-state index in [1.807, 2.05) is 0 Å². The average molecular weight is 246 g/mol. The maximum absolute atomic E-state index is 10.7. The normalized spacial score (nSPS) is 12.6. The van der Waals surface area contributed by atoms with Crippen molar-refractivity contribution in [1.29, 1.82) is 0 Å². The Morgan fingerprint density at radius 3 is 2.00 bits per heavy atom. The molecule has 2 nitrogen and oxygen atoms in total. The van der Waals surface area contributed by atoms with E-state index in [4.69, 9.17) is 5.11 Å². The van der Waals surface area contributed by atoms with Gasteiger partial charge in [-0.15, -0.1) is 0 Å². The molecule has 0 aliphatic carbocycles. The second-order valence-electron chi connectivity index (χ2n) is 4.48.